The Morgan fingerprint density at radius 1 is 1.09 bits per heavy atom. The van der Waals surface area contributed by atoms with Crippen LogP contribution in [0.4, 0.5) is 5.69 Å². The summed E-state index contributed by atoms with van der Waals surface area (Å²) in [5, 5.41) is 15.0. The fourth-order valence-corrected chi connectivity index (χ4v) is 2.15. The van der Waals surface area contributed by atoms with E-state index in [0.29, 0.717) is 5.82 Å². The molecule has 0 saturated carbocycles. The van der Waals surface area contributed by atoms with Gasteiger partial charge in [0.1, 0.15) is 5.75 Å². The molecule has 0 atom stereocenters. The summed E-state index contributed by atoms with van der Waals surface area (Å²) in [6.45, 7) is 2.05. The third-order valence-electron chi connectivity index (χ3n) is 3.43. The summed E-state index contributed by atoms with van der Waals surface area (Å²) in [4.78, 5) is 0. The summed E-state index contributed by atoms with van der Waals surface area (Å²) < 4.78 is 6.82. The summed E-state index contributed by atoms with van der Waals surface area (Å²) >= 11 is 0. The van der Waals surface area contributed by atoms with E-state index in [9.17, 15) is 0 Å². The van der Waals surface area contributed by atoms with Gasteiger partial charge in [0.25, 0.3) is 0 Å². The number of tetrazole rings is 1. The van der Waals surface area contributed by atoms with Crippen LogP contribution in [0.1, 0.15) is 11.4 Å². The first-order valence-corrected chi connectivity index (χ1v) is 7.19. The minimum absolute atomic E-state index is 0.635. The van der Waals surface area contributed by atoms with Gasteiger partial charge >= 0.3 is 0 Å². The number of aryl methyl sites for hydroxylation is 1. The molecule has 0 spiro atoms. The number of hydrogen-bond donors (Lipinski definition) is 1. The van der Waals surface area contributed by atoms with Crippen molar-refractivity contribution in [3.63, 3.8) is 0 Å². The molecule has 2 aromatic carbocycles. The molecule has 0 unspecified atom stereocenters. The number of ether oxygens (including phenoxy) is 1. The van der Waals surface area contributed by atoms with Crippen molar-refractivity contribution in [2.45, 2.75) is 6.92 Å². The average molecular weight is 307 g/mol. The lowest BCUT2D eigenvalue weighted by Crippen LogP contribution is -2.00. The number of benzene rings is 2. The van der Waals surface area contributed by atoms with Crippen molar-refractivity contribution in [2.24, 2.45) is 0 Å². The first kappa shape index (κ1) is 14.8. The molecule has 6 nitrogen and oxygen atoms in total. The molecule has 0 amide bonds. The summed E-state index contributed by atoms with van der Waals surface area (Å²) in [5.41, 5.74) is 3.09. The fourth-order valence-electron chi connectivity index (χ4n) is 2.15. The first-order chi connectivity index (χ1) is 11.3. The molecule has 0 radical (unpaired) electrons. The normalized spacial score (nSPS) is 10.9. The molecule has 6 heteroatoms. The molecule has 1 N–H and O–H groups in total. The molecule has 1 aromatic heterocycles. The Bertz CT molecular complexity index is 808. The second-order valence-corrected chi connectivity index (χ2v) is 4.94. The van der Waals surface area contributed by atoms with E-state index in [1.807, 2.05) is 54.7 Å². The predicted octanol–water partition coefficient (Wildman–Crippen LogP) is 3.06. The van der Waals surface area contributed by atoms with Crippen molar-refractivity contribution in [1.82, 2.24) is 20.2 Å². The number of aromatic nitrogens is 4. The lowest BCUT2D eigenvalue weighted by Gasteiger charge is -2.05. The maximum atomic E-state index is 5.16. The maximum Gasteiger partial charge on any atom is 0.181 e. The van der Waals surface area contributed by atoms with E-state index in [2.05, 4.69) is 33.8 Å². The zero-order chi connectivity index (χ0) is 16.1. The van der Waals surface area contributed by atoms with Crippen LogP contribution in [0.5, 0.6) is 5.75 Å². The second kappa shape index (κ2) is 6.74. The van der Waals surface area contributed by atoms with Crippen LogP contribution in [-0.4, -0.2) is 27.3 Å². The highest BCUT2D eigenvalue weighted by Gasteiger charge is 2.05. The number of para-hydroxylation sites is 1. The van der Waals surface area contributed by atoms with Crippen LogP contribution >= 0.6 is 0 Å². The number of methoxy groups -OCH3 is 1. The molecule has 116 valence electrons. The van der Waals surface area contributed by atoms with Gasteiger partial charge in [-0.3, -0.25) is 0 Å². The Kier molecular flexibility index (Phi) is 4.33. The van der Waals surface area contributed by atoms with Crippen LogP contribution in [0.15, 0.2) is 54.7 Å². The first-order valence-electron chi connectivity index (χ1n) is 7.19. The van der Waals surface area contributed by atoms with Crippen LogP contribution in [0.2, 0.25) is 0 Å². The molecule has 0 fully saturated rings. The number of hydrogen-bond acceptors (Lipinski definition) is 5. The SMILES string of the molecule is COc1ccc(-n2nnnc2C=CNc2ccccc2C)cc1. The molecule has 3 rings (SSSR count). The molecule has 23 heavy (non-hydrogen) atoms. The highest BCUT2D eigenvalue weighted by Crippen LogP contribution is 2.16. The molecule has 0 saturated heterocycles. The van der Waals surface area contributed by atoms with Crippen LogP contribution in [0, 0.1) is 6.92 Å². The zero-order valence-corrected chi connectivity index (χ0v) is 13.0. The van der Waals surface area contributed by atoms with Crippen LogP contribution in [-0.2, 0) is 0 Å². The van der Waals surface area contributed by atoms with Crippen molar-refractivity contribution in [1.29, 1.82) is 0 Å². The summed E-state index contributed by atoms with van der Waals surface area (Å²) in [7, 11) is 1.64. The molecule has 1 heterocycles. The smallest absolute Gasteiger partial charge is 0.181 e. The maximum absolute atomic E-state index is 5.16. The van der Waals surface area contributed by atoms with Gasteiger partial charge in [-0.25, -0.2) is 0 Å². The van der Waals surface area contributed by atoms with Gasteiger partial charge in [0.15, 0.2) is 5.82 Å². The van der Waals surface area contributed by atoms with Gasteiger partial charge in [-0.15, -0.1) is 5.10 Å². The molecular formula is C17H17N5O. The van der Waals surface area contributed by atoms with Crippen molar-refractivity contribution in [3.05, 3.63) is 66.1 Å². The Labute approximate surface area is 134 Å². The third-order valence-corrected chi connectivity index (χ3v) is 3.43. The van der Waals surface area contributed by atoms with E-state index in [4.69, 9.17) is 4.74 Å². The molecule has 0 aliphatic rings. The summed E-state index contributed by atoms with van der Waals surface area (Å²) in [5.74, 6) is 1.43. The number of nitrogens with zero attached hydrogens (tertiary/aromatic N) is 4. The van der Waals surface area contributed by atoms with E-state index < -0.39 is 0 Å². The van der Waals surface area contributed by atoms with Crippen molar-refractivity contribution in [3.8, 4) is 11.4 Å². The van der Waals surface area contributed by atoms with Crippen LogP contribution in [0.25, 0.3) is 11.8 Å². The van der Waals surface area contributed by atoms with Gasteiger partial charge in [0.05, 0.1) is 12.8 Å². The number of rotatable bonds is 5. The molecule has 3 aromatic rings. The van der Waals surface area contributed by atoms with Crippen molar-refractivity contribution in [2.75, 3.05) is 12.4 Å². The Morgan fingerprint density at radius 3 is 2.61 bits per heavy atom. The van der Waals surface area contributed by atoms with E-state index in [1.165, 1.54) is 5.56 Å². The topological polar surface area (TPSA) is 64.9 Å². The summed E-state index contributed by atoms with van der Waals surface area (Å²) in [6.07, 6.45) is 3.66. The van der Waals surface area contributed by atoms with E-state index in [-0.39, 0.29) is 0 Å². The molecule has 0 aliphatic carbocycles. The van der Waals surface area contributed by atoms with Gasteiger partial charge in [-0.1, -0.05) is 18.2 Å². The van der Waals surface area contributed by atoms with Gasteiger partial charge in [-0.05, 0) is 53.2 Å². The monoisotopic (exact) mass is 307 g/mol. The Morgan fingerprint density at radius 2 is 1.87 bits per heavy atom. The Hall–Kier alpha value is -3.15. The standard InChI is InChI=1S/C17H17N5O/c1-13-5-3-4-6-16(13)18-12-11-17-19-20-21-22(17)14-7-9-15(23-2)10-8-14/h3-12,18H,1-2H3. The second-order valence-electron chi connectivity index (χ2n) is 4.94. The van der Waals surface area contributed by atoms with Gasteiger partial charge in [0, 0.05) is 18.0 Å². The number of nitrogens with one attached hydrogen (secondary N) is 1. The fraction of sp³-hybridized carbons (Fsp3) is 0.118. The number of anilines is 1. The molecule has 0 bridgehead atoms. The summed E-state index contributed by atoms with van der Waals surface area (Å²) in [6, 6.07) is 15.6. The minimum Gasteiger partial charge on any atom is -0.497 e. The van der Waals surface area contributed by atoms with E-state index in [0.717, 1.165) is 17.1 Å². The highest BCUT2D eigenvalue weighted by atomic mass is 16.5. The lowest BCUT2D eigenvalue weighted by atomic mass is 10.2. The largest absolute Gasteiger partial charge is 0.497 e. The predicted molar refractivity (Wildman–Crippen MR) is 89.5 cm³/mol. The van der Waals surface area contributed by atoms with Gasteiger partial charge in [0.2, 0.25) is 0 Å². The Balaban J connectivity index is 1.78. The average Bonchev–Trinajstić information content (AvgIpc) is 3.05. The van der Waals surface area contributed by atoms with Crippen molar-refractivity contribution >= 4 is 11.8 Å². The van der Waals surface area contributed by atoms with Crippen LogP contribution < -0.4 is 10.1 Å². The van der Waals surface area contributed by atoms with E-state index >= 15 is 0 Å². The lowest BCUT2D eigenvalue weighted by molar-refractivity contribution is 0.414. The third kappa shape index (κ3) is 3.37. The zero-order valence-electron chi connectivity index (χ0n) is 13.0. The molecular weight excluding hydrogens is 290 g/mol. The van der Waals surface area contributed by atoms with Crippen LogP contribution in [0.3, 0.4) is 0 Å². The van der Waals surface area contributed by atoms with E-state index in [1.54, 1.807) is 11.8 Å². The molecule has 0 aliphatic heterocycles. The minimum atomic E-state index is 0.635. The van der Waals surface area contributed by atoms with Gasteiger partial charge < -0.3 is 10.1 Å². The van der Waals surface area contributed by atoms with Gasteiger partial charge in [-0.2, -0.15) is 4.68 Å². The van der Waals surface area contributed by atoms with Crippen molar-refractivity contribution < 1.29 is 4.74 Å². The highest BCUT2D eigenvalue weighted by molar-refractivity contribution is 5.56. The quantitative estimate of drug-likeness (QED) is 0.785.